The molecule has 0 spiro atoms. The largest absolute Gasteiger partial charge is 0.370 e. The van der Waals surface area contributed by atoms with Crippen LogP contribution in [0.3, 0.4) is 0 Å². The number of likely N-dealkylation sites (N-methyl/N-ethyl adjacent to an activating group) is 1. The number of pyridine rings is 1. The van der Waals surface area contributed by atoms with Gasteiger partial charge in [0, 0.05) is 51.0 Å². The molecule has 122 valence electrons. The van der Waals surface area contributed by atoms with E-state index in [1.165, 1.54) is 0 Å². The molecule has 0 amide bonds. The number of nitrogens with zero attached hydrogens (tertiary/aromatic N) is 5. The van der Waals surface area contributed by atoms with Crippen LogP contribution in [0.5, 0.6) is 0 Å². The Morgan fingerprint density at radius 3 is 2.59 bits per heavy atom. The summed E-state index contributed by atoms with van der Waals surface area (Å²) in [7, 11) is 2.16. The molecule has 0 unspecified atom stereocenters. The smallest absolute Gasteiger partial charge is 0.191 e. The summed E-state index contributed by atoms with van der Waals surface area (Å²) >= 11 is 0. The fraction of sp³-hybridized carbons (Fsp3) is 0.625. The van der Waals surface area contributed by atoms with Crippen molar-refractivity contribution in [1.29, 1.82) is 0 Å². The normalized spacial score (nSPS) is 16.9. The van der Waals surface area contributed by atoms with E-state index in [9.17, 15) is 0 Å². The summed E-state index contributed by atoms with van der Waals surface area (Å²) in [6.45, 7) is 10.7. The second kappa shape index (κ2) is 7.98. The molecular formula is C16H28N6. The Morgan fingerprint density at radius 1 is 1.27 bits per heavy atom. The average Bonchev–Trinajstić information content (AvgIpc) is 2.55. The van der Waals surface area contributed by atoms with Gasteiger partial charge in [-0.05, 0) is 27.0 Å². The zero-order valence-electron chi connectivity index (χ0n) is 14.0. The Kier molecular flexibility index (Phi) is 6.00. The van der Waals surface area contributed by atoms with Crippen LogP contribution in [-0.4, -0.2) is 67.1 Å². The van der Waals surface area contributed by atoms with Gasteiger partial charge in [-0.25, -0.2) is 9.98 Å². The van der Waals surface area contributed by atoms with E-state index in [1.807, 2.05) is 12.3 Å². The van der Waals surface area contributed by atoms with E-state index in [-0.39, 0.29) is 0 Å². The second-order valence-corrected chi connectivity index (χ2v) is 5.62. The van der Waals surface area contributed by atoms with Crippen molar-refractivity contribution in [3.05, 3.63) is 23.9 Å². The summed E-state index contributed by atoms with van der Waals surface area (Å²) in [6, 6.07) is 4.07. The van der Waals surface area contributed by atoms with E-state index in [0.717, 1.165) is 50.6 Å². The molecule has 1 aromatic heterocycles. The van der Waals surface area contributed by atoms with Gasteiger partial charge in [0.2, 0.25) is 0 Å². The summed E-state index contributed by atoms with van der Waals surface area (Å²) in [5.41, 5.74) is 7.21. The third-order valence-electron chi connectivity index (χ3n) is 4.17. The Morgan fingerprint density at radius 2 is 1.95 bits per heavy atom. The van der Waals surface area contributed by atoms with Crippen molar-refractivity contribution in [1.82, 2.24) is 14.8 Å². The molecule has 1 aliphatic rings. The van der Waals surface area contributed by atoms with Gasteiger partial charge in [0.1, 0.15) is 5.82 Å². The van der Waals surface area contributed by atoms with Gasteiger partial charge in [-0.3, -0.25) is 0 Å². The fourth-order valence-corrected chi connectivity index (χ4v) is 2.67. The lowest BCUT2D eigenvalue weighted by atomic mass is 10.2. The van der Waals surface area contributed by atoms with Crippen LogP contribution < -0.4 is 10.6 Å². The highest BCUT2D eigenvalue weighted by Crippen LogP contribution is 2.19. The first-order chi connectivity index (χ1) is 10.7. The molecule has 0 aromatic carbocycles. The van der Waals surface area contributed by atoms with Crippen LogP contribution in [0.2, 0.25) is 0 Å². The van der Waals surface area contributed by atoms with Gasteiger partial charge in [0.15, 0.2) is 5.96 Å². The van der Waals surface area contributed by atoms with Crippen LogP contribution >= 0.6 is 0 Å². The minimum Gasteiger partial charge on any atom is -0.370 e. The highest BCUT2D eigenvalue weighted by molar-refractivity contribution is 5.78. The highest BCUT2D eigenvalue weighted by Gasteiger charge is 2.17. The number of nitrogens with two attached hydrogens (primary N) is 1. The molecule has 2 heterocycles. The lowest BCUT2D eigenvalue weighted by Gasteiger charge is -2.34. The third kappa shape index (κ3) is 4.10. The first-order valence-electron chi connectivity index (χ1n) is 8.08. The number of aliphatic imine (C=N–C) groups is 1. The maximum Gasteiger partial charge on any atom is 0.191 e. The Balaban J connectivity index is 2.10. The summed E-state index contributed by atoms with van der Waals surface area (Å²) in [5, 5.41) is 0. The van der Waals surface area contributed by atoms with Crippen molar-refractivity contribution < 1.29 is 0 Å². The minimum absolute atomic E-state index is 0.581. The molecule has 0 radical (unpaired) electrons. The van der Waals surface area contributed by atoms with Crippen molar-refractivity contribution in [3.63, 3.8) is 0 Å². The average molecular weight is 304 g/mol. The van der Waals surface area contributed by atoms with Gasteiger partial charge in [0.05, 0.1) is 6.54 Å². The first kappa shape index (κ1) is 16.5. The van der Waals surface area contributed by atoms with Gasteiger partial charge < -0.3 is 20.4 Å². The van der Waals surface area contributed by atoms with Gasteiger partial charge >= 0.3 is 0 Å². The van der Waals surface area contributed by atoms with Crippen LogP contribution in [0.15, 0.2) is 23.3 Å². The van der Waals surface area contributed by atoms with E-state index in [2.05, 4.69) is 51.6 Å². The Bertz CT molecular complexity index is 489. The second-order valence-electron chi connectivity index (χ2n) is 5.62. The standard InChI is InChI=1S/C16H28N6/c1-4-21(5-2)16(17)19-13-14-7-6-8-18-15(14)22-11-9-20(3)10-12-22/h6-8H,4-5,9-13H2,1-3H3,(H2,17,19). The van der Waals surface area contributed by atoms with Crippen molar-refractivity contribution in [2.75, 3.05) is 51.2 Å². The monoisotopic (exact) mass is 304 g/mol. The van der Waals surface area contributed by atoms with Crippen molar-refractivity contribution in [3.8, 4) is 0 Å². The molecule has 6 heteroatoms. The van der Waals surface area contributed by atoms with E-state index in [0.29, 0.717) is 12.5 Å². The van der Waals surface area contributed by atoms with Crippen molar-refractivity contribution in [2.24, 2.45) is 10.7 Å². The van der Waals surface area contributed by atoms with Crippen LogP contribution in [0.4, 0.5) is 5.82 Å². The van der Waals surface area contributed by atoms with Crippen LogP contribution in [0, 0.1) is 0 Å². The maximum atomic E-state index is 6.07. The molecule has 2 N–H and O–H groups in total. The minimum atomic E-state index is 0.581. The molecule has 1 aliphatic heterocycles. The van der Waals surface area contributed by atoms with Gasteiger partial charge in [0.25, 0.3) is 0 Å². The molecule has 6 nitrogen and oxygen atoms in total. The first-order valence-corrected chi connectivity index (χ1v) is 8.08. The number of guanidine groups is 1. The molecule has 0 aliphatic carbocycles. The zero-order chi connectivity index (χ0) is 15.9. The van der Waals surface area contributed by atoms with Gasteiger partial charge in [-0.2, -0.15) is 0 Å². The van der Waals surface area contributed by atoms with E-state index in [1.54, 1.807) is 0 Å². The predicted octanol–water partition coefficient (Wildman–Crippen LogP) is 0.990. The van der Waals surface area contributed by atoms with Crippen LogP contribution in [0.25, 0.3) is 0 Å². The van der Waals surface area contributed by atoms with E-state index >= 15 is 0 Å². The van der Waals surface area contributed by atoms with Crippen LogP contribution in [0.1, 0.15) is 19.4 Å². The molecule has 2 rings (SSSR count). The Labute approximate surface area is 133 Å². The molecule has 1 fully saturated rings. The Hall–Kier alpha value is -1.82. The lowest BCUT2D eigenvalue weighted by Crippen LogP contribution is -2.45. The molecule has 0 saturated carbocycles. The van der Waals surface area contributed by atoms with Crippen LogP contribution in [-0.2, 0) is 6.54 Å². The predicted molar refractivity (Wildman–Crippen MR) is 92.2 cm³/mol. The van der Waals surface area contributed by atoms with Crippen molar-refractivity contribution >= 4 is 11.8 Å². The molecule has 1 saturated heterocycles. The quantitative estimate of drug-likeness (QED) is 0.649. The number of anilines is 1. The van der Waals surface area contributed by atoms with E-state index < -0.39 is 0 Å². The van der Waals surface area contributed by atoms with Crippen molar-refractivity contribution in [2.45, 2.75) is 20.4 Å². The fourth-order valence-electron chi connectivity index (χ4n) is 2.67. The summed E-state index contributed by atoms with van der Waals surface area (Å²) in [6.07, 6.45) is 1.86. The molecule has 22 heavy (non-hydrogen) atoms. The molecular weight excluding hydrogens is 276 g/mol. The number of piperazine rings is 1. The number of hydrogen-bond acceptors (Lipinski definition) is 4. The summed E-state index contributed by atoms with van der Waals surface area (Å²) < 4.78 is 0. The summed E-state index contributed by atoms with van der Waals surface area (Å²) in [4.78, 5) is 15.9. The maximum absolute atomic E-state index is 6.07. The van der Waals surface area contributed by atoms with Gasteiger partial charge in [-0.1, -0.05) is 6.07 Å². The summed E-state index contributed by atoms with van der Waals surface area (Å²) in [5.74, 6) is 1.66. The third-order valence-corrected chi connectivity index (χ3v) is 4.17. The number of aromatic nitrogens is 1. The number of rotatable bonds is 5. The molecule has 0 atom stereocenters. The topological polar surface area (TPSA) is 61.0 Å². The van der Waals surface area contributed by atoms with E-state index in [4.69, 9.17) is 5.73 Å². The number of hydrogen-bond donors (Lipinski definition) is 1. The SMILES string of the molecule is CCN(CC)C(N)=NCc1cccnc1N1CCN(C)CC1. The molecule has 0 bridgehead atoms. The lowest BCUT2D eigenvalue weighted by molar-refractivity contribution is 0.312. The zero-order valence-corrected chi connectivity index (χ0v) is 14.0. The molecule has 1 aromatic rings. The highest BCUT2D eigenvalue weighted by atomic mass is 15.3. The van der Waals surface area contributed by atoms with Gasteiger partial charge in [-0.15, -0.1) is 0 Å².